The molecule has 5 heteroatoms. The maximum absolute atomic E-state index is 13.1. The van der Waals surface area contributed by atoms with Crippen molar-refractivity contribution < 1.29 is 18.7 Å². The highest BCUT2D eigenvalue weighted by atomic mass is 19.3. The molecule has 1 unspecified atom stereocenters. The second kappa shape index (κ2) is 6.73. The number of hydrogen-bond acceptors (Lipinski definition) is 2. The normalized spacial score (nSPS) is 23.9. The van der Waals surface area contributed by atoms with Crippen LogP contribution in [0.25, 0.3) is 0 Å². The van der Waals surface area contributed by atoms with Crippen molar-refractivity contribution in [1.82, 2.24) is 5.32 Å². The Bertz CT molecular complexity index is 502. The quantitative estimate of drug-likeness (QED) is 0.894. The van der Waals surface area contributed by atoms with Crippen LogP contribution in [0.1, 0.15) is 56.8 Å². The second-order valence-corrected chi connectivity index (χ2v) is 6.38. The van der Waals surface area contributed by atoms with E-state index in [0.29, 0.717) is 11.5 Å². The molecule has 1 fully saturated rings. The zero-order valence-electron chi connectivity index (χ0n) is 13.0. The highest BCUT2D eigenvalue weighted by molar-refractivity contribution is 5.82. The fourth-order valence-electron chi connectivity index (χ4n) is 2.79. The molecule has 0 spiro atoms. The minimum absolute atomic E-state index is 0.0950. The van der Waals surface area contributed by atoms with Gasteiger partial charge in [0.2, 0.25) is 0 Å². The first-order chi connectivity index (χ1) is 10.3. The number of amides is 1. The number of aliphatic hydroxyl groups is 1. The summed E-state index contributed by atoms with van der Waals surface area (Å²) in [6.07, 6.45) is 2.66. The van der Waals surface area contributed by atoms with E-state index < -0.39 is 17.9 Å². The minimum atomic E-state index is -2.93. The van der Waals surface area contributed by atoms with Crippen molar-refractivity contribution in [2.24, 2.45) is 5.92 Å². The molecule has 22 heavy (non-hydrogen) atoms. The third-order valence-electron chi connectivity index (χ3n) is 4.34. The van der Waals surface area contributed by atoms with Crippen molar-refractivity contribution in [1.29, 1.82) is 0 Å². The maximum atomic E-state index is 13.1. The van der Waals surface area contributed by atoms with E-state index in [-0.39, 0.29) is 11.6 Å². The summed E-state index contributed by atoms with van der Waals surface area (Å²) in [6.45, 7) is 3.01. The summed E-state index contributed by atoms with van der Waals surface area (Å²) in [5.41, 5.74) is 0.194. The zero-order chi connectivity index (χ0) is 16.3. The van der Waals surface area contributed by atoms with E-state index in [2.05, 4.69) is 12.2 Å². The van der Waals surface area contributed by atoms with Crippen molar-refractivity contribution in [2.45, 2.75) is 57.6 Å². The number of alkyl halides is 2. The van der Waals surface area contributed by atoms with E-state index in [1.54, 1.807) is 0 Å². The first-order valence-corrected chi connectivity index (χ1v) is 7.74. The molecule has 0 heterocycles. The SMILES string of the molecule is CC1CCC(NC(=O)C(O)c2ccc(C(C)(F)F)cc2)CC1. The molecule has 1 atom stereocenters. The molecular weight excluding hydrogens is 288 g/mol. The third-order valence-corrected chi connectivity index (χ3v) is 4.34. The molecule has 0 saturated heterocycles. The van der Waals surface area contributed by atoms with Gasteiger partial charge < -0.3 is 10.4 Å². The van der Waals surface area contributed by atoms with Gasteiger partial charge in [-0.3, -0.25) is 4.79 Å². The smallest absolute Gasteiger partial charge is 0.270 e. The van der Waals surface area contributed by atoms with Crippen molar-refractivity contribution in [3.63, 3.8) is 0 Å². The van der Waals surface area contributed by atoms with Crippen LogP contribution < -0.4 is 5.32 Å². The topological polar surface area (TPSA) is 49.3 Å². The molecule has 0 radical (unpaired) electrons. The standard InChI is InChI=1S/C17H23F2NO2/c1-11-3-9-14(10-4-11)20-16(22)15(21)12-5-7-13(8-6-12)17(2,18)19/h5-8,11,14-15,21H,3-4,9-10H2,1-2H3,(H,20,22). The number of carbonyl (C=O) groups excluding carboxylic acids is 1. The van der Waals surface area contributed by atoms with Crippen LogP contribution in [0.15, 0.2) is 24.3 Å². The maximum Gasteiger partial charge on any atom is 0.270 e. The average Bonchev–Trinajstić information content (AvgIpc) is 2.48. The van der Waals surface area contributed by atoms with E-state index >= 15 is 0 Å². The highest BCUT2D eigenvalue weighted by Gasteiger charge is 2.26. The summed E-state index contributed by atoms with van der Waals surface area (Å²) in [7, 11) is 0. The van der Waals surface area contributed by atoms with Gasteiger partial charge in [0.25, 0.3) is 11.8 Å². The third kappa shape index (κ3) is 4.26. The van der Waals surface area contributed by atoms with Crippen LogP contribution in [-0.4, -0.2) is 17.1 Å². The Morgan fingerprint density at radius 2 is 1.77 bits per heavy atom. The van der Waals surface area contributed by atoms with Gasteiger partial charge in [0, 0.05) is 18.5 Å². The molecule has 2 N–H and O–H groups in total. The van der Waals surface area contributed by atoms with E-state index in [1.165, 1.54) is 24.3 Å². The summed E-state index contributed by atoms with van der Waals surface area (Å²) >= 11 is 0. The van der Waals surface area contributed by atoms with Crippen molar-refractivity contribution in [2.75, 3.05) is 0 Å². The van der Waals surface area contributed by atoms with Crippen molar-refractivity contribution in [3.05, 3.63) is 35.4 Å². The number of nitrogens with one attached hydrogen (secondary N) is 1. The average molecular weight is 311 g/mol. The molecule has 3 nitrogen and oxygen atoms in total. The van der Waals surface area contributed by atoms with Crippen LogP contribution in [0.4, 0.5) is 8.78 Å². The van der Waals surface area contributed by atoms with Crippen LogP contribution >= 0.6 is 0 Å². The van der Waals surface area contributed by atoms with E-state index in [1.807, 2.05) is 0 Å². The van der Waals surface area contributed by atoms with Crippen LogP contribution in [-0.2, 0) is 10.7 Å². The molecule has 1 aromatic carbocycles. The molecule has 0 bridgehead atoms. The minimum Gasteiger partial charge on any atom is -0.378 e. The van der Waals surface area contributed by atoms with Gasteiger partial charge in [-0.25, -0.2) is 8.78 Å². The fraction of sp³-hybridized carbons (Fsp3) is 0.588. The van der Waals surface area contributed by atoms with Gasteiger partial charge in [-0.05, 0) is 37.2 Å². The zero-order valence-corrected chi connectivity index (χ0v) is 13.0. The lowest BCUT2D eigenvalue weighted by Gasteiger charge is -2.27. The van der Waals surface area contributed by atoms with Crippen molar-refractivity contribution >= 4 is 5.91 Å². The van der Waals surface area contributed by atoms with Crippen LogP contribution in [0.5, 0.6) is 0 Å². The van der Waals surface area contributed by atoms with E-state index in [0.717, 1.165) is 32.6 Å². The van der Waals surface area contributed by atoms with Gasteiger partial charge in [0.1, 0.15) is 0 Å². The number of benzene rings is 1. The summed E-state index contributed by atoms with van der Waals surface area (Å²) in [5.74, 6) is -2.71. The summed E-state index contributed by atoms with van der Waals surface area (Å²) < 4.78 is 26.3. The lowest BCUT2D eigenvalue weighted by Crippen LogP contribution is -2.40. The number of carbonyl (C=O) groups is 1. The first-order valence-electron chi connectivity index (χ1n) is 7.74. The molecule has 1 saturated carbocycles. The highest BCUT2D eigenvalue weighted by Crippen LogP contribution is 2.28. The van der Waals surface area contributed by atoms with E-state index in [4.69, 9.17) is 0 Å². The molecular formula is C17H23F2NO2. The largest absolute Gasteiger partial charge is 0.378 e. The van der Waals surface area contributed by atoms with E-state index in [9.17, 15) is 18.7 Å². The Labute approximate surface area is 129 Å². The molecule has 1 aliphatic rings. The molecule has 1 aromatic rings. The Hall–Kier alpha value is -1.49. The molecule has 1 amide bonds. The van der Waals surface area contributed by atoms with Gasteiger partial charge in [-0.1, -0.05) is 31.2 Å². The number of aliphatic hydroxyl groups excluding tert-OH is 1. The number of rotatable bonds is 4. The summed E-state index contributed by atoms with van der Waals surface area (Å²) in [6, 6.07) is 5.33. The Kier molecular flexibility index (Phi) is 5.16. The lowest BCUT2D eigenvalue weighted by molar-refractivity contribution is -0.130. The van der Waals surface area contributed by atoms with Gasteiger partial charge >= 0.3 is 0 Å². The molecule has 1 aliphatic carbocycles. The van der Waals surface area contributed by atoms with Crippen molar-refractivity contribution in [3.8, 4) is 0 Å². The summed E-state index contributed by atoms with van der Waals surface area (Å²) in [5, 5.41) is 12.9. The fourth-order valence-corrected chi connectivity index (χ4v) is 2.79. The van der Waals surface area contributed by atoms with Crippen LogP contribution in [0, 0.1) is 5.92 Å². The summed E-state index contributed by atoms with van der Waals surface area (Å²) in [4.78, 5) is 12.1. The monoisotopic (exact) mass is 311 g/mol. The second-order valence-electron chi connectivity index (χ2n) is 6.38. The molecule has 122 valence electrons. The Morgan fingerprint density at radius 3 is 2.27 bits per heavy atom. The first kappa shape index (κ1) is 16.9. The van der Waals surface area contributed by atoms with Crippen LogP contribution in [0.2, 0.25) is 0 Å². The van der Waals surface area contributed by atoms with Gasteiger partial charge in [-0.2, -0.15) is 0 Å². The van der Waals surface area contributed by atoms with Crippen LogP contribution in [0.3, 0.4) is 0 Å². The molecule has 0 aliphatic heterocycles. The molecule has 0 aromatic heterocycles. The van der Waals surface area contributed by atoms with Gasteiger partial charge in [0.05, 0.1) is 0 Å². The predicted molar refractivity (Wildman–Crippen MR) is 80.5 cm³/mol. The van der Waals surface area contributed by atoms with Gasteiger partial charge in [-0.15, -0.1) is 0 Å². The Balaban J connectivity index is 1.95. The lowest BCUT2D eigenvalue weighted by atomic mass is 9.87. The Morgan fingerprint density at radius 1 is 1.23 bits per heavy atom. The molecule has 2 rings (SSSR count). The van der Waals surface area contributed by atoms with Gasteiger partial charge in [0.15, 0.2) is 6.10 Å². The predicted octanol–water partition coefficient (Wildman–Crippen LogP) is 3.53. The number of halogens is 2. The number of hydrogen-bond donors (Lipinski definition) is 2.